The molecule has 1 aromatic rings. The lowest BCUT2D eigenvalue weighted by molar-refractivity contribution is 1.11. The summed E-state index contributed by atoms with van der Waals surface area (Å²) in [6.07, 6.45) is 1.03. The summed E-state index contributed by atoms with van der Waals surface area (Å²) in [4.78, 5) is 3.33. The fourth-order valence-electron chi connectivity index (χ4n) is 1.07. The van der Waals surface area contributed by atoms with E-state index in [9.17, 15) is 0 Å². The van der Waals surface area contributed by atoms with Gasteiger partial charge in [-0.05, 0) is 18.1 Å². The third kappa shape index (κ3) is 2.09. The van der Waals surface area contributed by atoms with Crippen LogP contribution in [0.4, 0.5) is 0 Å². The summed E-state index contributed by atoms with van der Waals surface area (Å²) in [5, 5.41) is 0. The van der Waals surface area contributed by atoms with E-state index in [1.165, 1.54) is 5.56 Å². The van der Waals surface area contributed by atoms with Gasteiger partial charge in [0.05, 0.1) is 0 Å². The zero-order valence-electron chi connectivity index (χ0n) is 6.97. The molecule has 0 bridgehead atoms. The molecule has 0 atom stereocenters. The third-order valence-electron chi connectivity index (χ3n) is 1.76. The fraction of sp³-hybridized carbons (Fsp3) is 0.300. The van der Waals surface area contributed by atoms with Crippen molar-refractivity contribution in [3.8, 4) is 0 Å². The van der Waals surface area contributed by atoms with Crippen molar-refractivity contribution >= 4 is 15.9 Å². The highest BCUT2D eigenvalue weighted by molar-refractivity contribution is 9.10. The van der Waals surface area contributed by atoms with Crippen LogP contribution < -0.4 is 0 Å². The smallest absolute Gasteiger partial charge is 0.239 e. The molecule has 12 heavy (non-hydrogen) atoms. The second-order valence-electron chi connectivity index (χ2n) is 2.60. The van der Waals surface area contributed by atoms with Crippen molar-refractivity contribution < 1.29 is 0 Å². The molecule has 0 spiro atoms. The Kier molecular flexibility index (Phi) is 3.31. The van der Waals surface area contributed by atoms with Crippen LogP contribution in [-0.2, 0) is 13.0 Å². The van der Waals surface area contributed by atoms with E-state index < -0.39 is 0 Å². The van der Waals surface area contributed by atoms with Gasteiger partial charge in [-0.2, -0.15) is 0 Å². The Labute approximate surface area is 81.4 Å². The van der Waals surface area contributed by atoms with Crippen LogP contribution in [0.25, 0.3) is 4.85 Å². The lowest BCUT2D eigenvalue weighted by atomic mass is 10.1. The number of benzene rings is 1. The van der Waals surface area contributed by atoms with E-state index in [0.29, 0.717) is 6.54 Å². The minimum absolute atomic E-state index is 0.475. The summed E-state index contributed by atoms with van der Waals surface area (Å²) in [6, 6.07) is 6.11. The van der Waals surface area contributed by atoms with Crippen molar-refractivity contribution in [2.45, 2.75) is 19.9 Å². The molecule has 2 heteroatoms. The van der Waals surface area contributed by atoms with Crippen molar-refractivity contribution in [3.63, 3.8) is 0 Å². The van der Waals surface area contributed by atoms with Gasteiger partial charge in [0, 0.05) is 10.0 Å². The van der Waals surface area contributed by atoms with Gasteiger partial charge in [-0.15, -0.1) is 0 Å². The molecule has 0 saturated carbocycles. The maximum absolute atomic E-state index is 6.72. The summed E-state index contributed by atoms with van der Waals surface area (Å²) in [5.41, 5.74) is 2.37. The first kappa shape index (κ1) is 9.28. The highest BCUT2D eigenvalue weighted by atomic mass is 79.9. The molecule has 0 aliphatic heterocycles. The zero-order chi connectivity index (χ0) is 8.97. The van der Waals surface area contributed by atoms with Crippen LogP contribution >= 0.6 is 15.9 Å². The molecule has 62 valence electrons. The summed E-state index contributed by atoms with van der Waals surface area (Å²) < 4.78 is 1.12. The molecular formula is C10H10BrN. The lowest BCUT2D eigenvalue weighted by Gasteiger charge is -2.00. The van der Waals surface area contributed by atoms with Crippen LogP contribution in [-0.4, -0.2) is 0 Å². The predicted molar refractivity (Wildman–Crippen MR) is 53.8 cm³/mol. The topological polar surface area (TPSA) is 4.36 Å². The molecule has 0 saturated heterocycles. The Morgan fingerprint density at radius 2 is 2.25 bits per heavy atom. The molecular weight excluding hydrogens is 214 g/mol. The molecule has 0 N–H and O–H groups in total. The maximum Gasteiger partial charge on any atom is 0.239 e. The molecule has 0 amide bonds. The molecule has 1 nitrogen and oxygen atoms in total. The standard InChI is InChI=1S/C10H10BrN/c1-3-9-5-4-8(7-12-2)6-10(9)11/h4-6H,3,7H2,1H3. The Morgan fingerprint density at radius 1 is 1.50 bits per heavy atom. The van der Waals surface area contributed by atoms with Gasteiger partial charge >= 0.3 is 0 Å². The van der Waals surface area contributed by atoms with E-state index >= 15 is 0 Å². The molecule has 0 aliphatic rings. The first-order chi connectivity index (χ1) is 5.77. The molecule has 0 heterocycles. The van der Waals surface area contributed by atoms with Crippen LogP contribution in [0.5, 0.6) is 0 Å². The normalized spacial score (nSPS) is 9.42. The number of aryl methyl sites for hydroxylation is 1. The second-order valence-corrected chi connectivity index (χ2v) is 3.45. The zero-order valence-corrected chi connectivity index (χ0v) is 8.56. The van der Waals surface area contributed by atoms with E-state index in [1.54, 1.807) is 0 Å². The first-order valence-electron chi connectivity index (χ1n) is 3.88. The van der Waals surface area contributed by atoms with Gasteiger partial charge in [-0.3, -0.25) is 0 Å². The van der Waals surface area contributed by atoms with Gasteiger partial charge in [-0.25, -0.2) is 6.57 Å². The van der Waals surface area contributed by atoms with Crippen LogP contribution in [0, 0.1) is 6.57 Å². The van der Waals surface area contributed by atoms with Crippen molar-refractivity contribution in [2.24, 2.45) is 0 Å². The van der Waals surface area contributed by atoms with Crippen molar-refractivity contribution in [2.75, 3.05) is 0 Å². The van der Waals surface area contributed by atoms with Crippen LogP contribution in [0.15, 0.2) is 22.7 Å². The number of halogens is 1. The van der Waals surface area contributed by atoms with Gasteiger partial charge in [0.25, 0.3) is 0 Å². The largest absolute Gasteiger partial charge is 0.312 e. The van der Waals surface area contributed by atoms with Gasteiger partial charge in [-0.1, -0.05) is 35.0 Å². The second kappa shape index (κ2) is 4.27. The van der Waals surface area contributed by atoms with Crippen molar-refractivity contribution in [3.05, 3.63) is 45.2 Å². The van der Waals surface area contributed by atoms with E-state index in [1.807, 2.05) is 12.1 Å². The summed E-state index contributed by atoms with van der Waals surface area (Å²) in [7, 11) is 0. The third-order valence-corrected chi connectivity index (χ3v) is 2.50. The lowest BCUT2D eigenvalue weighted by Crippen LogP contribution is -1.85. The minimum Gasteiger partial charge on any atom is -0.312 e. The molecule has 0 aliphatic carbocycles. The van der Waals surface area contributed by atoms with E-state index in [2.05, 4.69) is 33.8 Å². The maximum atomic E-state index is 6.72. The van der Waals surface area contributed by atoms with Crippen molar-refractivity contribution in [1.29, 1.82) is 0 Å². The van der Waals surface area contributed by atoms with Crippen molar-refractivity contribution in [1.82, 2.24) is 0 Å². The van der Waals surface area contributed by atoms with Gasteiger partial charge in [0.1, 0.15) is 0 Å². The van der Waals surface area contributed by atoms with Gasteiger partial charge in [0.15, 0.2) is 0 Å². The first-order valence-corrected chi connectivity index (χ1v) is 4.67. The van der Waals surface area contributed by atoms with Gasteiger partial charge in [0.2, 0.25) is 6.54 Å². The molecule has 0 fully saturated rings. The summed E-state index contributed by atoms with van der Waals surface area (Å²) >= 11 is 3.47. The molecule has 1 rings (SSSR count). The fourth-order valence-corrected chi connectivity index (χ4v) is 1.77. The molecule has 0 aromatic heterocycles. The highest BCUT2D eigenvalue weighted by Gasteiger charge is 2.00. The number of hydrogen-bond acceptors (Lipinski definition) is 0. The van der Waals surface area contributed by atoms with E-state index in [0.717, 1.165) is 16.5 Å². The average Bonchev–Trinajstić information content (AvgIpc) is 2.05. The average molecular weight is 224 g/mol. The Hall–Kier alpha value is -0.810. The Morgan fingerprint density at radius 3 is 2.75 bits per heavy atom. The van der Waals surface area contributed by atoms with E-state index in [4.69, 9.17) is 6.57 Å². The number of rotatable bonds is 2. The van der Waals surface area contributed by atoms with Gasteiger partial charge < -0.3 is 4.85 Å². The molecule has 0 unspecified atom stereocenters. The van der Waals surface area contributed by atoms with Crippen LogP contribution in [0.3, 0.4) is 0 Å². The molecule has 1 aromatic carbocycles. The van der Waals surface area contributed by atoms with Crippen LogP contribution in [0.2, 0.25) is 0 Å². The number of hydrogen-bond donors (Lipinski definition) is 0. The Bertz CT molecular complexity index is 312. The quantitative estimate of drug-likeness (QED) is 0.678. The SMILES string of the molecule is [C-]#[N+]Cc1ccc(CC)c(Br)c1. The summed E-state index contributed by atoms with van der Waals surface area (Å²) in [6.45, 7) is 9.31. The predicted octanol–water partition coefficient (Wildman–Crippen LogP) is 3.43. The highest BCUT2D eigenvalue weighted by Crippen LogP contribution is 2.19. The minimum atomic E-state index is 0.475. The Balaban J connectivity index is 2.95. The number of nitrogens with zero attached hydrogens (tertiary/aromatic N) is 1. The van der Waals surface area contributed by atoms with E-state index in [-0.39, 0.29) is 0 Å². The molecule has 0 radical (unpaired) electrons. The monoisotopic (exact) mass is 223 g/mol. The van der Waals surface area contributed by atoms with Crippen LogP contribution in [0.1, 0.15) is 18.1 Å². The summed E-state index contributed by atoms with van der Waals surface area (Å²) in [5.74, 6) is 0.